The summed E-state index contributed by atoms with van der Waals surface area (Å²) in [5.74, 6) is -39.4. The molecule has 0 aromatic heterocycles. The molecular weight excluding hydrogens is 402 g/mol. The molecule has 0 aromatic carbocycles. The maximum Gasteiger partial charge on any atom is 0.392 e. The summed E-state index contributed by atoms with van der Waals surface area (Å²) in [5.41, 5.74) is 0. The zero-order chi connectivity index (χ0) is 21.4. The van der Waals surface area contributed by atoms with Crippen molar-refractivity contribution in [3.05, 3.63) is 0 Å². The van der Waals surface area contributed by atoms with E-state index in [4.69, 9.17) is 0 Å². The minimum absolute atomic E-state index is 0.0695. The third-order valence-electron chi connectivity index (χ3n) is 3.34. The standard InChI is InChI=1S/C12H13F12NO/c1-3-4-5-25(2)7(26)9(17,18)11(21,22)12(23,24)10(19,20)8(15,16)6(13)14/h6H,3-5H2,1-2H3. The van der Waals surface area contributed by atoms with Gasteiger partial charge in [0.25, 0.3) is 5.91 Å². The number of carbonyl (C=O) groups excluding carboxylic acids is 1. The number of alkyl halides is 12. The third-order valence-corrected chi connectivity index (χ3v) is 3.34. The molecule has 2 nitrogen and oxygen atoms in total. The van der Waals surface area contributed by atoms with E-state index < -0.39 is 48.5 Å². The Bertz CT molecular complexity index is 504. The Morgan fingerprint density at radius 2 is 1.27 bits per heavy atom. The summed E-state index contributed by atoms with van der Waals surface area (Å²) >= 11 is 0. The van der Waals surface area contributed by atoms with E-state index in [9.17, 15) is 57.5 Å². The van der Waals surface area contributed by atoms with Gasteiger partial charge in [-0.1, -0.05) is 13.3 Å². The molecule has 0 atom stereocenters. The first-order valence-electron chi connectivity index (χ1n) is 6.76. The van der Waals surface area contributed by atoms with Crippen molar-refractivity contribution < 1.29 is 57.5 Å². The molecule has 0 aromatic rings. The van der Waals surface area contributed by atoms with E-state index in [2.05, 4.69) is 0 Å². The van der Waals surface area contributed by atoms with E-state index in [1.54, 1.807) is 0 Å². The van der Waals surface area contributed by atoms with Gasteiger partial charge in [0.15, 0.2) is 0 Å². The largest absolute Gasteiger partial charge is 0.392 e. The van der Waals surface area contributed by atoms with Crippen LogP contribution >= 0.6 is 0 Å². The lowest BCUT2D eigenvalue weighted by molar-refractivity contribution is -0.407. The Morgan fingerprint density at radius 1 is 0.846 bits per heavy atom. The number of carbonyl (C=O) groups is 1. The smallest absolute Gasteiger partial charge is 0.340 e. The fourth-order valence-electron chi connectivity index (χ4n) is 1.61. The van der Waals surface area contributed by atoms with Crippen molar-refractivity contribution in [2.45, 2.75) is 55.8 Å². The first-order valence-corrected chi connectivity index (χ1v) is 6.76. The van der Waals surface area contributed by atoms with Crippen LogP contribution in [0.15, 0.2) is 0 Å². The van der Waals surface area contributed by atoms with Gasteiger partial charge in [0, 0.05) is 13.6 Å². The summed E-state index contributed by atoms with van der Waals surface area (Å²) in [5, 5.41) is 0. The van der Waals surface area contributed by atoms with E-state index >= 15 is 0 Å². The molecule has 0 N–H and O–H groups in total. The van der Waals surface area contributed by atoms with Gasteiger partial charge < -0.3 is 4.90 Å². The van der Waals surface area contributed by atoms with Crippen molar-refractivity contribution >= 4 is 5.91 Å². The van der Waals surface area contributed by atoms with Crippen molar-refractivity contribution in [3.8, 4) is 0 Å². The lowest BCUT2D eigenvalue weighted by atomic mass is 9.93. The topological polar surface area (TPSA) is 20.3 Å². The molecule has 0 unspecified atom stereocenters. The fourth-order valence-corrected chi connectivity index (χ4v) is 1.61. The number of nitrogens with zero attached hydrogens (tertiary/aromatic N) is 1. The maximum atomic E-state index is 13.5. The molecule has 0 spiro atoms. The average molecular weight is 415 g/mol. The SMILES string of the molecule is CCCCN(C)C(=O)C(F)(F)C(F)(F)C(F)(F)C(F)(F)C(F)(F)C(F)F. The van der Waals surface area contributed by atoms with Crippen LogP contribution in [0.25, 0.3) is 0 Å². The van der Waals surface area contributed by atoms with Crippen molar-refractivity contribution in [3.63, 3.8) is 0 Å². The number of halogens is 12. The molecule has 156 valence electrons. The summed E-state index contributed by atoms with van der Waals surface area (Å²) in [6.45, 7) is 0.794. The van der Waals surface area contributed by atoms with E-state index in [0.717, 1.165) is 0 Å². The van der Waals surface area contributed by atoms with Crippen LogP contribution in [0.5, 0.6) is 0 Å². The van der Waals surface area contributed by atoms with Crippen LogP contribution in [0, 0.1) is 0 Å². The van der Waals surface area contributed by atoms with Crippen molar-refractivity contribution in [1.82, 2.24) is 4.90 Å². The molecule has 0 radical (unpaired) electrons. The average Bonchev–Trinajstić information content (AvgIpc) is 2.50. The van der Waals surface area contributed by atoms with Gasteiger partial charge in [0.1, 0.15) is 0 Å². The normalized spacial score (nSPS) is 14.7. The molecule has 26 heavy (non-hydrogen) atoms. The predicted octanol–water partition coefficient (Wildman–Crippen LogP) is 4.69. The maximum absolute atomic E-state index is 13.5. The minimum Gasteiger partial charge on any atom is -0.340 e. The number of unbranched alkanes of at least 4 members (excludes halogenated alkanes) is 1. The van der Waals surface area contributed by atoms with Crippen LogP contribution < -0.4 is 0 Å². The molecule has 14 heteroatoms. The number of amides is 1. The first kappa shape index (κ1) is 24.6. The lowest BCUT2D eigenvalue weighted by Gasteiger charge is -2.39. The zero-order valence-electron chi connectivity index (χ0n) is 13.1. The minimum atomic E-state index is -7.69. The third kappa shape index (κ3) is 3.55. The Labute approximate surface area is 139 Å². The van der Waals surface area contributed by atoms with Crippen LogP contribution in [0.3, 0.4) is 0 Å². The summed E-state index contributed by atoms with van der Waals surface area (Å²) in [7, 11) is 0.450. The molecular formula is C12H13F12NO. The van der Waals surface area contributed by atoms with Gasteiger partial charge >= 0.3 is 36.0 Å². The highest BCUT2D eigenvalue weighted by Crippen LogP contribution is 2.58. The Morgan fingerprint density at radius 3 is 1.62 bits per heavy atom. The van der Waals surface area contributed by atoms with Crippen LogP contribution in [-0.2, 0) is 4.79 Å². The molecule has 0 heterocycles. The summed E-state index contributed by atoms with van der Waals surface area (Å²) < 4.78 is 155. The fraction of sp³-hybridized carbons (Fsp3) is 0.917. The monoisotopic (exact) mass is 415 g/mol. The summed E-state index contributed by atoms with van der Waals surface area (Å²) in [4.78, 5) is 11.1. The molecule has 0 rings (SSSR count). The van der Waals surface area contributed by atoms with Gasteiger partial charge in [-0.3, -0.25) is 4.79 Å². The van der Waals surface area contributed by atoms with E-state index in [0.29, 0.717) is 7.05 Å². The summed E-state index contributed by atoms with van der Waals surface area (Å²) in [6.07, 6.45) is -5.41. The van der Waals surface area contributed by atoms with E-state index in [1.807, 2.05) is 0 Å². The van der Waals surface area contributed by atoms with Crippen LogP contribution in [0.4, 0.5) is 52.7 Å². The van der Waals surface area contributed by atoms with Gasteiger partial charge in [-0.05, 0) is 6.42 Å². The van der Waals surface area contributed by atoms with Crippen LogP contribution in [0.1, 0.15) is 19.8 Å². The van der Waals surface area contributed by atoms with Crippen molar-refractivity contribution in [2.75, 3.05) is 13.6 Å². The van der Waals surface area contributed by atoms with Crippen molar-refractivity contribution in [1.29, 1.82) is 0 Å². The Balaban J connectivity index is 6.07. The second-order valence-electron chi connectivity index (χ2n) is 5.30. The van der Waals surface area contributed by atoms with Gasteiger partial charge in [0.2, 0.25) is 0 Å². The Kier molecular flexibility index (Phi) is 6.94. The Hall–Kier alpha value is -1.37. The lowest BCUT2D eigenvalue weighted by Crippen LogP contribution is -2.70. The predicted molar refractivity (Wildman–Crippen MR) is 63.3 cm³/mol. The van der Waals surface area contributed by atoms with Gasteiger partial charge in [-0.25, -0.2) is 8.78 Å². The van der Waals surface area contributed by atoms with Crippen LogP contribution in [0.2, 0.25) is 0 Å². The molecule has 1 amide bonds. The second-order valence-corrected chi connectivity index (χ2v) is 5.30. The number of hydrogen-bond acceptors (Lipinski definition) is 1. The quantitative estimate of drug-likeness (QED) is 0.501. The molecule has 0 saturated carbocycles. The van der Waals surface area contributed by atoms with E-state index in [1.165, 1.54) is 6.92 Å². The molecule has 0 aliphatic heterocycles. The zero-order valence-corrected chi connectivity index (χ0v) is 13.1. The highest BCUT2D eigenvalue weighted by Gasteiger charge is 2.89. The first-order chi connectivity index (χ1) is 11.3. The highest BCUT2D eigenvalue weighted by atomic mass is 19.4. The van der Waals surface area contributed by atoms with Crippen LogP contribution in [-0.4, -0.2) is 60.4 Å². The van der Waals surface area contributed by atoms with Crippen molar-refractivity contribution in [2.24, 2.45) is 0 Å². The molecule has 0 aliphatic carbocycles. The van der Waals surface area contributed by atoms with Gasteiger partial charge in [-0.15, -0.1) is 0 Å². The number of hydrogen-bond donors (Lipinski definition) is 0. The second kappa shape index (κ2) is 7.33. The van der Waals surface area contributed by atoms with Gasteiger partial charge in [-0.2, -0.15) is 43.9 Å². The van der Waals surface area contributed by atoms with E-state index in [-0.39, 0.29) is 17.7 Å². The van der Waals surface area contributed by atoms with Gasteiger partial charge in [0.05, 0.1) is 0 Å². The molecule has 0 saturated heterocycles. The summed E-state index contributed by atoms with van der Waals surface area (Å²) in [6, 6.07) is 0. The molecule has 0 aliphatic rings. The molecule has 0 bridgehead atoms. The molecule has 0 fully saturated rings. The highest BCUT2D eigenvalue weighted by molar-refractivity contribution is 5.84. The number of rotatable bonds is 9.